The summed E-state index contributed by atoms with van der Waals surface area (Å²) < 4.78 is 5.20. The van der Waals surface area contributed by atoms with Crippen LogP contribution in [0.25, 0.3) is 10.9 Å². The van der Waals surface area contributed by atoms with Crippen LogP contribution in [0.4, 0.5) is 5.69 Å². The van der Waals surface area contributed by atoms with Crippen molar-refractivity contribution in [3.8, 4) is 0 Å². The predicted octanol–water partition coefficient (Wildman–Crippen LogP) is 2.51. The Hall–Kier alpha value is -1.91. The molecule has 0 fully saturated rings. The van der Waals surface area contributed by atoms with Crippen LogP contribution >= 0.6 is 0 Å². The van der Waals surface area contributed by atoms with E-state index < -0.39 is 0 Å². The van der Waals surface area contributed by atoms with Gasteiger partial charge in [-0.15, -0.1) is 0 Å². The Morgan fingerprint density at radius 1 is 1.33 bits per heavy atom. The maximum Gasteiger partial charge on any atom is 0.0854 e. The highest BCUT2D eigenvalue weighted by atomic mass is 16.5. The second-order valence-electron chi connectivity index (χ2n) is 5.30. The highest BCUT2D eigenvalue weighted by Gasteiger charge is 2.15. The van der Waals surface area contributed by atoms with Gasteiger partial charge in [-0.2, -0.15) is 0 Å². The van der Waals surface area contributed by atoms with Gasteiger partial charge in [-0.25, -0.2) is 0 Å². The predicted molar refractivity (Wildman–Crippen MR) is 84.5 cm³/mol. The molecule has 1 N–H and O–H groups in total. The number of nitrogens with zero attached hydrogens (tertiary/aromatic N) is 2. The molecule has 0 saturated carbocycles. The fourth-order valence-electron chi connectivity index (χ4n) is 2.80. The number of aliphatic hydroxyl groups excluding tert-OH is 1. The van der Waals surface area contributed by atoms with Crippen molar-refractivity contribution in [2.24, 2.45) is 0 Å². The molecule has 1 aromatic carbocycles. The number of para-hydroxylation sites is 1. The lowest BCUT2D eigenvalue weighted by Gasteiger charge is -2.29. The molecule has 2 heterocycles. The van der Waals surface area contributed by atoms with E-state index in [1.807, 2.05) is 24.3 Å². The lowest BCUT2D eigenvalue weighted by atomic mass is 10.1. The van der Waals surface area contributed by atoms with Gasteiger partial charge >= 0.3 is 0 Å². The minimum Gasteiger partial charge on any atom is -0.390 e. The smallest absolute Gasteiger partial charge is 0.0854 e. The Bertz CT molecular complexity index is 667. The fraction of sp³-hybridized carbons (Fsp3) is 0.353. The van der Waals surface area contributed by atoms with Crippen molar-refractivity contribution in [3.63, 3.8) is 0 Å². The summed E-state index contributed by atoms with van der Waals surface area (Å²) in [6.45, 7) is 2.52. The van der Waals surface area contributed by atoms with E-state index >= 15 is 0 Å². The van der Waals surface area contributed by atoms with Gasteiger partial charge in [0.1, 0.15) is 0 Å². The summed E-state index contributed by atoms with van der Waals surface area (Å²) in [5, 5.41) is 10.6. The molecule has 0 radical (unpaired) electrons. The summed E-state index contributed by atoms with van der Waals surface area (Å²) in [5.74, 6) is 0. The molecule has 2 aromatic rings. The zero-order valence-corrected chi connectivity index (χ0v) is 12.2. The summed E-state index contributed by atoms with van der Waals surface area (Å²) in [6.07, 6.45) is 3.25. The number of rotatable bonds is 4. The molecule has 1 aromatic heterocycles. The first-order valence-electron chi connectivity index (χ1n) is 7.23. The number of aliphatic hydroxyl groups is 1. The van der Waals surface area contributed by atoms with Gasteiger partial charge in [0.05, 0.1) is 24.4 Å². The van der Waals surface area contributed by atoms with Crippen LogP contribution in [0.5, 0.6) is 0 Å². The van der Waals surface area contributed by atoms with E-state index in [0.717, 1.165) is 41.8 Å². The van der Waals surface area contributed by atoms with Crippen molar-refractivity contribution in [2.75, 3.05) is 31.7 Å². The van der Waals surface area contributed by atoms with Crippen LogP contribution < -0.4 is 4.90 Å². The summed E-state index contributed by atoms with van der Waals surface area (Å²) in [4.78, 5) is 6.82. The standard InChI is InChI=1S/C17H20N2O2/c1-21-12-13-6-8-19(9-7-13)17-10-14(11-20)18-16-5-3-2-4-15(16)17/h2-6,10,20H,7-9,11-12H2,1H3. The third-order valence-electron chi connectivity index (χ3n) is 3.88. The van der Waals surface area contributed by atoms with Crippen molar-refractivity contribution in [1.29, 1.82) is 0 Å². The van der Waals surface area contributed by atoms with Gasteiger partial charge in [0, 0.05) is 31.3 Å². The Kier molecular flexibility index (Phi) is 4.18. The van der Waals surface area contributed by atoms with Gasteiger partial charge in [-0.05, 0) is 24.1 Å². The molecule has 0 atom stereocenters. The summed E-state index contributed by atoms with van der Waals surface area (Å²) in [7, 11) is 1.73. The second-order valence-corrected chi connectivity index (χ2v) is 5.30. The summed E-state index contributed by atoms with van der Waals surface area (Å²) in [5.41, 5.74) is 4.16. The molecule has 0 amide bonds. The van der Waals surface area contributed by atoms with Crippen LogP contribution in [0.1, 0.15) is 12.1 Å². The molecule has 0 saturated heterocycles. The third-order valence-corrected chi connectivity index (χ3v) is 3.88. The van der Waals surface area contributed by atoms with Crippen molar-refractivity contribution in [2.45, 2.75) is 13.0 Å². The average molecular weight is 284 g/mol. The van der Waals surface area contributed by atoms with Gasteiger partial charge in [0.25, 0.3) is 0 Å². The van der Waals surface area contributed by atoms with Crippen LogP contribution in [-0.2, 0) is 11.3 Å². The number of benzene rings is 1. The minimum atomic E-state index is -0.0313. The normalized spacial score (nSPS) is 15.3. The van der Waals surface area contributed by atoms with E-state index in [0.29, 0.717) is 6.61 Å². The number of aromatic nitrogens is 1. The molecule has 21 heavy (non-hydrogen) atoms. The third kappa shape index (κ3) is 2.91. The number of methoxy groups -OCH3 is 1. The van der Waals surface area contributed by atoms with Gasteiger partial charge in [-0.3, -0.25) is 4.98 Å². The molecule has 0 bridgehead atoms. The van der Waals surface area contributed by atoms with Crippen molar-refractivity contribution < 1.29 is 9.84 Å². The maximum absolute atomic E-state index is 9.42. The van der Waals surface area contributed by atoms with Gasteiger partial charge in [0.15, 0.2) is 0 Å². The van der Waals surface area contributed by atoms with Crippen LogP contribution in [0, 0.1) is 0 Å². The Balaban J connectivity index is 1.97. The van der Waals surface area contributed by atoms with Crippen LogP contribution in [0.2, 0.25) is 0 Å². The molecule has 4 nitrogen and oxygen atoms in total. The summed E-state index contributed by atoms with van der Waals surface area (Å²) in [6, 6.07) is 10.1. The largest absolute Gasteiger partial charge is 0.390 e. The first-order chi connectivity index (χ1) is 10.3. The Morgan fingerprint density at radius 2 is 2.19 bits per heavy atom. The van der Waals surface area contributed by atoms with E-state index in [-0.39, 0.29) is 6.61 Å². The lowest BCUT2D eigenvalue weighted by molar-refractivity contribution is 0.222. The van der Waals surface area contributed by atoms with E-state index in [2.05, 4.69) is 22.0 Å². The van der Waals surface area contributed by atoms with E-state index in [1.54, 1.807) is 7.11 Å². The Morgan fingerprint density at radius 3 is 2.90 bits per heavy atom. The van der Waals surface area contributed by atoms with Crippen molar-refractivity contribution in [3.05, 3.63) is 47.7 Å². The van der Waals surface area contributed by atoms with Crippen LogP contribution in [0.3, 0.4) is 0 Å². The number of hydrogen-bond donors (Lipinski definition) is 1. The maximum atomic E-state index is 9.42. The lowest BCUT2D eigenvalue weighted by Crippen LogP contribution is -2.29. The molecule has 0 unspecified atom stereocenters. The van der Waals surface area contributed by atoms with Crippen LogP contribution in [-0.4, -0.2) is 36.9 Å². The fourth-order valence-corrected chi connectivity index (χ4v) is 2.80. The number of hydrogen-bond acceptors (Lipinski definition) is 4. The first-order valence-corrected chi connectivity index (χ1v) is 7.23. The van der Waals surface area contributed by atoms with Gasteiger partial charge in [-0.1, -0.05) is 24.3 Å². The number of ether oxygens (including phenoxy) is 1. The quantitative estimate of drug-likeness (QED) is 0.876. The van der Waals surface area contributed by atoms with Crippen molar-refractivity contribution in [1.82, 2.24) is 4.98 Å². The topological polar surface area (TPSA) is 45.6 Å². The molecule has 4 heteroatoms. The molecular weight excluding hydrogens is 264 g/mol. The first kappa shape index (κ1) is 14.0. The number of anilines is 1. The monoisotopic (exact) mass is 284 g/mol. The molecule has 0 spiro atoms. The molecule has 1 aliphatic rings. The van der Waals surface area contributed by atoms with Crippen molar-refractivity contribution >= 4 is 16.6 Å². The van der Waals surface area contributed by atoms with E-state index in [9.17, 15) is 5.11 Å². The number of pyridine rings is 1. The second kappa shape index (κ2) is 6.24. The minimum absolute atomic E-state index is 0.0313. The molecule has 1 aliphatic heterocycles. The summed E-state index contributed by atoms with van der Waals surface area (Å²) >= 11 is 0. The SMILES string of the molecule is COCC1=CCN(c2cc(CO)nc3ccccc23)CC1. The van der Waals surface area contributed by atoms with Gasteiger partial charge in [0.2, 0.25) is 0 Å². The average Bonchev–Trinajstić information content (AvgIpc) is 2.55. The molecule has 0 aliphatic carbocycles. The molecule has 3 rings (SSSR count). The number of fused-ring (bicyclic) bond motifs is 1. The highest BCUT2D eigenvalue weighted by molar-refractivity contribution is 5.92. The zero-order valence-electron chi connectivity index (χ0n) is 12.2. The Labute approximate surface area is 124 Å². The van der Waals surface area contributed by atoms with Crippen LogP contribution in [0.15, 0.2) is 42.0 Å². The van der Waals surface area contributed by atoms with Gasteiger partial charge < -0.3 is 14.7 Å². The molecular formula is C17H20N2O2. The van der Waals surface area contributed by atoms with E-state index in [4.69, 9.17) is 4.74 Å². The zero-order chi connectivity index (χ0) is 14.7. The van der Waals surface area contributed by atoms with E-state index in [1.165, 1.54) is 5.57 Å². The highest BCUT2D eigenvalue weighted by Crippen LogP contribution is 2.29. The molecule has 110 valence electrons.